The summed E-state index contributed by atoms with van der Waals surface area (Å²) in [5.41, 5.74) is 1.02. The standard InChI is InChI=1S/C18H21N3O5S/c1-13(21-27(24,25)16-6-4-3-5-7-16)18(23)20-15-10-8-14(9-11-15)19-17(22)12-26-2/h3-11,13,21H,12H2,1-2H3,(H,19,22)(H,20,23)/t13-/m0/s1. The molecule has 0 aliphatic carbocycles. The molecule has 8 nitrogen and oxygen atoms in total. The molecular formula is C18H21N3O5S. The minimum Gasteiger partial charge on any atom is -0.375 e. The van der Waals surface area contributed by atoms with Gasteiger partial charge in [-0.25, -0.2) is 8.42 Å². The van der Waals surface area contributed by atoms with Gasteiger partial charge in [0, 0.05) is 18.5 Å². The zero-order valence-corrected chi connectivity index (χ0v) is 15.7. The first kappa shape index (κ1) is 20.6. The van der Waals surface area contributed by atoms with Gasteiger partial charge in [-0.3, -0.25) is 9.59 Å². The highest BCUT2D eigenvalue weighted by Gasteiger charge is 2.21. The molecule has 2 aromatic carbocycles. The molecule has 2 aromatic rings. The SMILES string of the molecule is COCC(=O)Nc1ccc(NC(=O)[C@H](C)NS(=O)(=O)c2ccccc2)cc1. The van der Waals surface area contributed by atoms with Gasteiger partial charge >= 0.3 is 0 Å². The third-order valence-corrected chi connectivity index (χ3v) is 5.05. The van der Waals surface area contributed by atoms with Crippen LogP contribution in [0.2, 0.25) is 0 Å². The summed E-state index contributed by atoms with van der Waals surface area (Å²) in [5, 5.41) is 5.25. The van der Waals surface area contributed by atoms with Gasteiger partial charge in [0.2, 0.25) is 21.8 Å². The maximum absolute atomic E-state index is 12.3. The summed E-state index contributed by atoms with van der Waals surface area (Å²) in [6.07, 6.45) is 0. The molecule has 27 heavy (non-hydrogen) atoms. The number of rotatable bonds is 8. The van der Waals surface area contributed by atoms with Crippen LogP contribution in [0, 0.1) is 0 Å². The summed E-state index contributed by atoms with van der Waals surface area (Å²) in [6.45, 7) is 1.40. The van der Waals surface area contributed by atoms with E-state index in [1.54, 1.807) is 42.5 Å². The number of carbonyl (C=O) groups is 2. The van der Waals surface area contributed by atoms with Crippen LogP contribution in [0.15, 0.2) is 59.5 Å². The quantitative estimate of drug-likeness (QED) is 0.632. The van der Waals surface area contributed by atoms with E-state index < -0.39 is 22.0 Å². The highest BCUT2D eigenvalue weighted by atomic mass is 32.2. The number of anilines is 2. The molecule has 0 heterocycles. The third-order valence-electron chi connectivity index (χ3n) is 3.49. The predicted octanol–water partition coefficient (Wildman–Crippen LogP) is 1.58. The smallest absolute Gasteiger partial charge is 0.250 e. The van der Waals surface area contributed by atoms with Crippen molar-refractivity contribution in [3.05, 3.63) is 54.6 Å². The highest BCUT2D eigenvalue weighted by Crippen LogP contribution is 2.14. The molecule has 0 saturated carbocycles. The van der Waals surface area contributed by atoms with Crippen molar-refractivity contribution >= 4 is 33.2 Å². The number of hydrogen-bond donors (Lipinski definition) is 3. The van der Waals surface area contributed by atoms with Gasteiger partial charge in [0.25, 0.3) is 0 Å². The van der Waals surface area contributed by atoms with Crippen molar-refractivity contribution in [3.8, 4) is 0 Å². The number of methoxy groups -OCH3 is 1. The third kappa shape index (κ3) is 6.17. The molecular weight excluding hydrogens is 370 g/mol. The number of ether oxygens (including phenoxy) is 1. The Morgan fingerprint density at radius 3 is 2.07 bits per heavy atom. The Morgan fingerprint density at radius 1 is 0.963 bits per heavy atom. The second kappa shape index (κ2) is 9.26. The Morgan fingerprint density at radius 2 is 1.52 bits per heavy atom. The zero-order valence-electron chi connectivity index (χ0n) is 14.9. The van der Waals surface area contributed by atoms with E-state index in [1.165, 1.54) is 26.2 Å². The summed E-state index contributed by atoms with van der Waals surface area (Å²) >= 11 is 0. The Hall–Kier alpha value is -2.75. The molecule has 0 unspecified atom stereocenters. The normalized spacial score (nSPS) is 12.2. The van der Waals surface area contributed by atoms with Crippen LogP contribution in [0.4, 0.5) is 11.4 Å². The number of nitrogens with one attached hydrogen (secondary N) is 3. The molecule has 0 aliphatic rings. The van der Waals surface area contributed by atoms with E-state index in [9.17, 15) is 18.0 Å². The molecule has 0 bridgehead atoms. The van der Waals surface area contributed by atoms with E-state index in [1.807, 2.05) is 0 Å². The molecule has 0 aromatic heterocycles. The fraction of sp³-hybridized carbons (Fsp3) is 0.222. The van der Waals surface area contributed by atoms with E-state index in [0.29, 0.717) is 11.4 Å². The molecule has 0 spiro atoms. The van der Waals surface area contributed by atoms with Crippen LogP contribution in [0.1, 0.15) is 6.92 Å². The molecule has 2 rings (SSSR count). The van der Waals surface area contributed by atoms with Gasteiger partial charge in [0.15, 0.2) is 0 Å². The maximum atomic E-state index is 12.3. The summed E-state index contributed by atoms with van der Waals surface area (Å²) in [6, 6.07) is 13.3. The van der Waals surface area contributed by atoms with Gasteiger partial charge in [-0.2, -0.15) is 4.72 Å². The number of sulfonamides is 1. The fourth-order valence-electron chi connectivity index (χ4n) is 2.17. The van der Waals surface area contributed by atoms with Crippen LogP contribution in [0.25, 0.3) is 0 Å². The van der Waals surface area contributed by atoms with Crippen LogP contribution in [-0.2, 0) is 24.3 Å². The van der Waals surface area contributed by atoms with Crippen molar-refractivity contribution in [3.63, 3.8) is 0 Å². The minimum atomic E-state index is -3.79. The molecule has 9 heteroatoms. The van der Waals surface area contributed by atoms with E-state index in [-0.39, 0.29) is 17.4 Å². The van der Waals surface area contributed by atoms with Crippen molar-refractivity contribution in [1.82, 2.24) is 4.72 Å². The van der Waals surface area contributed by atoms with E-state index in [2.05, 4.69) is 15.4 Å². The molecule has 144 valence electrons. The Kier molecular flexibility index (Phi) is 7.05. The summed E-state index contributed by atoms with van der Waals surface area (Å²) in [4.78, 5) is 23.8. The van der Waals surface area contributed by atoms with Gasteiger partial charge in [-0.15, -0.1) is 0 Å². The summed E-state index contributed by atoms with van der Waals surface area (Å²) in [5.74, 6) is -0.802. The maximum Gasteiger partial charge on any atom is 0.250 e. The Bertz CT molecular complexity index is 883. The first-order valence-electron chi connectivity index (χ1n) is 8.09. The number of benzene rings is 2. The lowest BCUT2D eigenvalue weighted by Gasteiger charge is -2.15. The minimum absolute atomic E-state index is 0.0580. The van der Waals surface area contributed by atoms with Crippen LogP contribution >= 0.6 is 0 Å². The average molecular weight is 391 g/mol. The largest absolute Gasteiger partial charge is 0.375 e. The monoisotopic (exact) mass is 391 g/mol. The van der Waals surface area contributed by atoms with Gasteiger partial charge in [-0.05, 0) is 43.3 Å². The van der Waals surface area contributed by atoms with E-state index in [0.717, 1.165) is 0 Å². The van der Waals surface area contributed by atoms with Crippen molar-refractivity contribution in [2.75, 3.05) is 24.4 Å². The number of carbonyl (C=O) groups excluding carboxylic acids is 2. The van der Waals surface area contributed by atoms with Gasteiger partial charge in [-0.1, -0.05) is 18.2 Å². The van der Waals surface area contributed by atoms with E-state index >= 15 is 0 Å². The summed E-state index contributed by atoms with van der Waals surface area (Å²) < 4.78 is 31.6. The van der Waals surface area contributed by atoms with Gasteiger partial charge in [0.05, 0.1) is 10.9 Å². The van der Waals surface area contributed by atoms with Crippen molar-refractivity contribution in [2.45, 2.75) is 17.9 Å². The molecule has 0 fully saturated rings. The van der Waals surface area contributed by atoms with Crippen molar-refractivity contribution < 1.29 is 22.7 Å². The van der Waals surface area contributed by atoms with E-state index in [4.69, 9.17) is 4.74 Å². The van der Waals surface area contributed by atoms with Crippen LogP contribution in [-0.4, -0.2) is 40.0 Å². The van der Waals surface area contributed by atoms with Gasteiger partial charge in [0.1, 0.15) is 6.61 Å². The topological polar surface area (TPSA) is 114 Å². The molecule has 1 atom stereocenters. The summed E-state index contributed by atoms with van der Waals surface area (Å²) in [7, 11) is -2.37. The van der Waals surface area contributed by atoms with Crippen LogP contribution in [0.3, 0.4) is 0 Å². The molecule has 0 saturated heterocycles. The predicted molar refractivity (Wildman–Crippen MR) is 102 cm³/mol. The lowest BCUT2D eigenvalue weighted by Crippen LogP contribution is -2.41. The van der Waals surface area contributed by atoms with Crippen LogP contribution < -0.4 is 15.4 Å². The molecule has 0 radical (unpaired) electrons. The second-order valence-electron chi connectivity index (χ2n) is 5.70. The first-order valence-corrected chi connectivity index (χ1v) is 9.57. The lowest BCUT2D eigenvalue weighted by molar-refractivity contribution is -0.119. The van der Waals surface area contributed by atoms with Crippen molar-refractivity contribution in [1.29, 1.82) is 0 Å². The fourth-order valence-corrected chi connectivity index (χ4v) is 3.39. The Balaban J connectivity index is 1.95. The first-order chi connectivity index (χ1) is 12.8. The van der Waals surface area contributed by atoms with Gasteiger partial charge < -0.3 is 15.4 Å². The second-order valence-corrected chi connectivity index (χ2v) is 7.42. The molecule has 2 amide bonds. The van der Waals surface area contributed by atoms with Crippen LogP contribution in [0.5, 0.6) is 0 Å². The molecule has 0 aliphatic heterocycles. The highest BCUT2D eigenvalue weighted by molar-refractivity contribution is 7.89. The zero-order chi connectivity index (χ0) is 19.9. The van der Waals surface area contributed by atoms with Crippen molar-refractivity contribution in [2.24, 2.45) is 0 Å². The lowest BCUT2D eigenvalue weighted by atomic mass is 10.2. The average Bonchev–Trinajstić information content (AvgIpc) is 2.64. The molecule has 3 N–H and O–H groups in total. The Labute approximate surface area is 158 Å². The number of hydrogen-bond acceptors (Lipinski definition) is 5. The number of amides is 2.